The van der Waals surface area contributed by atoms with E-state index in [-0.39, 0.29) is 0 Å². The molecule has 0 amide bonds. The highest BCUT2D eigenvalue weighted by Crippen LogP contribution is 2.03. The lowest BCUT2D eigenvalue weighted by Crippen LogP contribution is -1.76. The van der Waals surface area contributed by atoms with Crippen molar-refractivity contribution in [2.24, 2.45) is 0 Å². The van der Waals surface area contributed by atoms with E-state index in [1.165, 1.54) is 0 Å². The van der Waals surface area contributed by atoms with E-state index in [2.05, 4.69) is 27.6 Å². The fourth-order valence-electron chi connectivity index (χ4n) is 0.451. The lowest BCUT2D eigenvalue weighted by Gasteiger charge is -1.77. The van der Waals surface area contributed by atoms with Crippen LogP contribution in [0.15, 0.2) is 10.7 Å². The summed E-state index contributed by atoms with van der Waals surface area (Å²) in [4.78, 5) is 4.05. The summed E-state index contributed by atoms with van der Waals surface area (Å²) < 4.78 is 5.92. The van der Waals surface area contributed by atoms with Gasteiger partial charge in [-0.3, -0.25) is 0 Å². The number of aryl methyl sites for hydroxylation is 1. The molecule has 0 aliphatic carbocycles. The minimum absolute atomic E-state index is 0.814. The molecule has 0 aromatic carbocycles. The number of halogens is 1. The van der Waals surface area contributed by atoms with E-state index < -0.39 is 0 Å². The van der Waals surface area contributed by atoms with Gasteiger partial charge in [0.2, 0.25) is 0 Å². The predicted octanol–water partition coefficient (Wildman–Crippen LogP) is 1.84. The second-order valence-electron chi connectivity index (χ2n) is 1.42. The molecule has 1 aromatic rings. The fourth-order valence-corrected chi connectivity index (χ4v) is 0.847. The van der Waals surface area contributed by atoms with Crippen molar-refractivity contribution in [1.29, 1.82) is 0 Å². The molecule has 0 aliphatic rings. The molecule has 0 spiro atoms. The van der Waals surface area contributed by atoms with Crippen LogP contribution in [0.25, 0.3) is 0 Å². The van der Waals surface area contributed by atoms with Gasteiger partial charge in [0, 0.05) is 6.42 Å². The molecule has 3 heteroatoms. The van der Waals surface area contributed by atoms with Gasteiger partial charge >= 0.3 is 0 Å². The Morgan fingerprint density at radius 2 is 2.62 bits per heavy atom. The smallest absolute Gasteiger partial charge is 0.194 e. The monoisotopic (exact) mass is 223 g/mol. The molecule has 8 heavy (non-hydrogen) atoms. The third-order valence-electron chi connectivity index (χ3n) is 0.826. The Morgan fingerprint density at radius 3 is 2.88 bits per heavy atom. The van der Waals surface area contributed by atoms with E-state index in [1.54, 1.807) is 6.26 Å². The topological polar surface area (TPSA) is 26.0 Å². The number of oxazole rings is 1. The molecule has 0 bridgehead atoms. The lowest BCUT2D eigenvalue weighted by atomic mass is 10.5. The summed E-state index contributed by atoms with van der Waals surface area (Å²) in [5, 5.41) is 0. The molecular formula is C5H6INO. The molecule has 0 saturated heterocycles. The van der Waals surface area contributed by atoms with Crippen LogP contribution in [0.1, 0.15) is 12.8 Å². The van der Waals surface area contributed by atoms with Crippen molar-refractivity contribution in [1.82, 2.24) is 4.98 Å². The molecule has 1 aromatic heterocycles. The number of aromatic nitrogens is 1. The van der Waals surface area contributed by atoms with Crippen molar-refractivity contribution in [3.8, 4) is 0 Å². The van der Waals surface area contributed by atoms with Gasteiger partial charge < -0.3 is 4.42 Å². The molecule has 0 radical (unpaired) electrons. The third kappa shape index (κ3) is 1.21. The lowest BCUT2D eigenvalue weighted by molar-refractivity contribution is 0.501. The van der Waals surface area contributed by atoms with Gasteiger partial charge in [-0.1, -0.05) is 6.92 Å². The minimum atomic E-state index is 0.814. The van der Waals surface area contributed by atoms with Gasteiger partial charge in [-0.05, 0) is 22.6 Å². The van der Waals surface area contributed by atoms with Crippen LogP contribution < -0.4 is 0 Å². The van der Waals surface area contributed by atoms with E-state index >= 15 is 0 Å². The second-order valence-corrected chi connectivity index (χ2v) is 2.52. The Kier molecular flexibility index (Phi) is 1.88. The maximum atomic E-state index is 4.99. The summed E-state index contributed by atoms with van der Waals surface area (Å²) in [5.41, 5.74) is 0. The van der Waals surface area contributed by atoms with Crippen LogP contribution in [0.3, 0.4) is 0 Å². The summed E-state index contributed by atoms with van der Waals surface area (Å²) in [6.45, 7) is 2.02. The highest BCUT2D eigenvalue weighted by Gasteiger charge is 1.94. The van der Waals surface area contributed by atoms with E-state index in [0.29, 0.717) is 0 Å². The molecule has 1 rings (SSSR count). The average molecular weight is 223 g/mol. The van der Waals surface area contributed by atoms with Crippen molar-refractivity contribution < 1.29 is 4.42 Å². The van der Waals surface area contributed by atoms with Crippen molar-refractivity contribution in [2.45, 2.75) is 13.3 Å². The van der Waals surface area contributed by atoms with Crippen molar-refractivity contribution in [3.63, 3.8) is 0 Å². The number of nitrogens with zero attached hydrogens (tertiary/aromatic N) is 1. The number of hydrogen-bond acceptors (Lipinski definition) is 2. The molecule has 0 atom stereocenters. The molecule has 1 heterocycles. The van der Waals surface area contributed by atoms with Crippen LogP contribution >= 0.6 is 22.6 Å². The minimum Gasteiger partial charge on any atom is -0.448 e. The first-order chi connectivity index (χ1) is 3.83. The molecule has 0 fully saturated rings. The summed E-state index contributed by atoms with van der Waals surface area (Å²) in [6, 6.07) is 0. The highest BCUT2D eigenvalue weighted by molar-refractivity contribution is 14.1. The Bertz CT molecular complexity index is 173. The Morgan fingerprint density at radius 1 is 1.88 bits per heavy atom. The van der Waals surface area contributed by atoms with Crippen molar-refractivity contribution in [3.05, 3.63) is 15.9 Å². The first-order valence-corrected chi connectivity index (χ1v) is 3.50. The van der Waals surface area contributed by atoms with Crippen LogP contribution in [-0.4, -0.2) is 4.98 Å². The van der Waals surface area contributed by atoms with Gasteiger partial charge in [0.25, 0.3) is 0 Å². The first kappa shape index (κ1) is 6.07. The summed E-state index contributed by atoms with van der Waals surface area (Å²) in [7, 11) is 0. The quantitative estimate of drug-likeness (QED) is 0.679. The average Bonchev–Trinajstić information content (AvgIpc) is 2.14. The molecule has 0 saturated carbocycles. The van der Waals surface area contributed by atoms with Crippen LogP contribution in [0.5, 0.6) is 0 Å². The standard InChI is InChI=1S/C5H6INO/c1-2-5-7-4(6)3-8-5/h3H,2H2,1H3. The third-order valence-corrected chi connectivity index (χ3v) is 1.32. The number of rotatable bonds is 1. The molecule has 2 nitrogen and oxygen atoms in total. The maximum Gasteiger partial charge on any atom is 0.194 e. The molecule has 0 aliphatic heterocycles. The van der Waals surface area contributed by atoms with Gasteiger partial charge in [-0.2, -0.15) is 0 Å². The second kappa shape index (κ2) is 2.48. The molecule has 0 unspecified atom stereocenters. The van der Waals surface area contributed by atoms with Gasteiger partial charge in [0.05, 0.1) is 0 Å². The summed E-state index contributed by atoms with van der Waals surface area (Å²) >= 11 is 2.12. The zero-order valence-electron chi connectivity index (χ0n) is 4.52. The van der Waals surface area contributed by atoms with Crippen LogP contribution in [-0.2, 0) is 6.42 Å². The van der Waals surface area contributed by atoms with E-state index in [0.717, 1.165) is 16.0 Å². The molecule has 44 valence electrons. The zero-order valence-corrected chi connectivity index (χ0v) is 6.68. The Balaban J connectivity index is 2.84. The van der Waals surface area contributed by atoms with Crippen LogP contribution in [0.2, 0.25) is 0 Å². The van der Waals surface area contributed by atoms with E-state index in [1.807, 2.05) is 6.92 Å². The molecular weight excluding hydrogens is 217 g/mol. The first-order valence-electron chi connectivity index (χ1n) is 2.43. The highest BCUT2D eigenvalue weighted by atomic mass is 127. The van der Waals surface area contributed by atoms with E-state index in [4.69, 9.17) is 4.42 Å². The zero-order chi connectivity index (χ0) is 5.98. The number of hydrogen-bond donors (Lipinski definition) is 0. The van der Waals surface area contributed by atoms with Gasteiger partial charge in [0.1, 0.15) is 9.96 Å². The SMILES string of the molecule is CCc1nc(I)co1. The van der Waals surface area contributed by atoms with Crippen LogP contribution in [0, 0.1) is 3.70 Å². The molecule has 0 N–H and O–H groups in total. The Hall–Kier alpha value is -0.0600. The van der Waals surface area contributed by atoms with Crippen molar-refractivity contribution in [2.75, 3.05) is 0 Å². The van der Waals surface area contributed by atoms with E-state index in [9.17, 15) is 0 Å². The van der Waals surface area contributed by atoms with Gasteiger partial charge in [-0.15, -0.1) is 0 Å². The maximum absolute atomic E-state index is 4.99. The van der Waals surface area contributed by atoms with Crippen molar-refractivity contribution >= 4 is 22.6 Å². The van der Waals surface area contributed by atoms with Gasteiger partial charge in [-0.25, -0.2) is 4.98 Å². The summed E-state index contributed by atoms with van der Waals surface area (Å²) in [6.07, 6.45) is 2.53. The summed E-state index contributed by atoms with van der Waals surface area (Å²) in [5.74, 6) is 0.814. The normalized spacial score (nSPS) is 9.75. The van der Waals surface area contributed by atoms with Gasteiger partial charge in [0.15, 0.2) is 5.89 Å². The largest absolute Gasteiger partial charge is 0.448 e. The van der Waals surface area contributed by atoms with Crippen LogP contribution in [0.4, 0.5) is 0 Å². The fraction of sp³-hybridized carbons (Fsp3) is 0.400. The predicted molar refractivity (Wildman–Crippen MR) is 38.6 cm³/mol. The Labute approximate surface area is 61.4 Å².